The molecule has 7 nitrogen and oxygen atoms in total. The molecule has 0 saturated heterocycles. The fraction of sp³-hybridized carbons (Fsp3) is 0.250. The molecule has 0 fully saturated rings. The highest BCUT2D eigenvalue weighted by molar-refractivity contribution is 7.99. The lowest BCUT2D eigenvalue weighted by Crippen LogP contribution is -2.24. The number of hydrogen-bond acceptors (Lipinski definition) is 7. The molecule has 0 radical (unpaired) electrons. The summed E-state index contributed by atoms with van der Waals surface area (Å²) in [5, 5.41) is 14.3. The van der Waals surface area contributed by atoms with Crippen molar-refractivity contribution in [3.63, 3.8) is 0 Å². The Bertz CT molecular complexity index is 1000. The van der Waals surface area contributed by atoms with Gasteiger partial charge in [-0.1, -0.05) is 30.0 Å². The molecule has 150 valence electrons. The molecule has 0 bridgehead atoms. The van der Waals surface area contributed by atoms with Gasteiger partial charge in [0.05, 0.1) is 5.75 Å². The van der Waals surface area contributed by atoms with E-state index in [4.69, 9.17) is 9.47 Å². The fourth-order valence-corrected chi connectivity index (χ4v) is 4.37. The van der Waals surface area contributed by atoms with Gasteiger partial charge in [0.25, 0.3) is 0 Å². The van der Waals surface area contributed by atoms with Crippen molar-refractivity contribution >= 4 is 29.0 Å². The number of carbonyl (C=O) groups is 1. The molecule has 4 rings (SSSR count). The van der Waals surface area contributed by atoms with Crippen molar-refractivity contribution in [3.05, 3.63) is 64.6 Å². The maximum Gasteiger partial charge on any atom is 0.231 e. The molecule has 3 heterocycles. The number of aromatic nitrogens is 3. The first-order valence-electron chi connectivity index (χ1n) is 9.06. The van der Waals surface area contributed by atoms with E-state index in [-0.39, 0.29) is 18.5 Å². The van der Waals surface area contributed by atoms with E-state index in [2.05, 4.69) is 28.2 Å². The molecule has 1 aromatic carbocycles. The molecule has 0 unspecified atom stereocenters. The number of carbonyl (C=O) groups excluding carboxylic acids is 1. The lowest BCUT2D eigenvalue weighted by atomic mass is 10.2. The molecule has 0 aliphatic carbocycles. The van der Waals surface area contributed by atoms with Gasteiger partial charge in [0, 0.05) is 24.4 Å². The average molecular weight is 429 g/mol. The first-order chi connectivity index (χ1) is 14.2. The number of allylic oxidation sites excluding steroid dienone is 1. The Labute approximate surface area is 176 Å². The number of thiophene rings is 1. The van der Waals surface area contributed by atoms with Crippen LogP contribution >= 0.6 is 23.1 Å². The van der Waals surface area contributed by atoms with Crippen LogP contribution in [0.4, 0.5) is 0 Å². The lowest BCUT2D eigenvalue weighted by Gasteiger charge is -2.08. The van der Waals surface area contributed by atoms with Gasteiger partial charge < -0.3 is 19.4 Å². The maximum absolute atomic E-state index is 12.3. The van der Waals surface area contributed by atoms with Gasteiger partial charge in [-0.3, -0.25) is 4.79 Å². The van der Waals surface area contributed by atoms with E-state index in [1.54, 1.807) is 11.3 Å². The SMILES string of the molecule is C=CCn1c(Cc2cccs2)nnc1SCC(=O)NCc1ccc2c(c1)OCO2. The number of fused-ring (bicyclic) bond motifs is 1. The van der Waals surface area contributed by atoms with E-state index >= 15 is 0 Å². The standard InChI is InChI=1S/C20H20N4O3S2/c1-2-7-24-18(10-15-4-3-8-28-15)22-23-20(24)29-12-19(25)21-11-14-5-6-16-17(9-14)27-13-26-16/h2-6,8-9H,1,7,10-13H2,(H,21,25). The summed E-state index contributed by atoms with van der Waals surface area (Å²) in [7, 11) is 0. The molecule has 29 heavy (non-hydrogen) atoms. The zero-order valence-corrected chi connectivity index (χ0v) is 17.3. The van der Waals surface area contributed by atoms with Gasteiger partial charge in [0.2, 0.25) is 12.7 Å². The van der Waals surface area contributed by atoms with Gasteiger partial charge in [0.1, 0.15) is 5.82 Å². The number of thioether (sulfide) groups is 1. The number of hydrogen-bond donors (Lipinski definition) is 1. The monoisotopic (exact) mass is 428 g/mol. The van der Waals surface area contributed by atoms with Crippen molar-refractivity contribution in [1.82, 2.24) is 20.1 Å². The Morgan fingerprint density at radius 2 is 2.21 bits per heavy atom. The zero-order chi connectivity index (χ0) is 20.1. The van der Waals surface area contributed by atoms with Gasteiger partial charge in [0.15, 0.2) is 16.7 Å². The molecular formula is C20H20N4O3S2. The minimum Gasteiger partial charge on any atom is -0.454 e. The summed E-state index contributed by atoms with van der Waals surface area (Å²) in [6.45, 7) is 5.09. The van der Waals surface area contributed by atoms with Crippen molar-refractivity contribution < 1.29 is 14.3 Å². The molecule has 1 aliphatic heterocycles. The van der Waals surface area contributed by atoms with Gasteiger partial charge in [-0.2, -0.15) is 0 Å². The van der Waals surface area contributed by atoms with Gasteiger partial charge in [-0.25, -0.2) is 0 Å². The van der Waals surface area contributed by atoms with Crippen molar-refractivity contribution in [1.29, 1.82) is 0 Å². The second-order valence-corrected chi connectivity index (χ2v) is 8.28. The van der Waals surface area contributed by atoms with Crippen LogP contribution in [0.2, 0.25) is 0 Å². The molecule has 0 atom stereocenters. The Morgan fingerprint density at radius 1 is 1.31 bits per heavy atom. The van der Waals surface area contributed by atoms with Crippen molar-refractivity contribution in [2.45, 2.75) is 24.7 Å². The highest BCUT2D eigenvalue weighted by Crippen LogP contribution is 2.32. The highest BCUT2D eigenvalue weighted by Gasteiger charge is 2.15. The number of nitrogens with zero attached hydrogens (tertiary/aromatic N) is 3. The number of rotatable bonds is 9. The third kappa shape index (κ3) is 4.80. The van der Waals surface area contributed by atoms with E-state index in [1.165, 1.54) is 16.6 Å². The van der Waals surface area contributed by atoms with Crippen LogP contribution in [-0.4, -0.2) is 33.2 Å². The summed E-state index contributed by atoms with van der Waals surface area (Å²) >= 11 is 3.06. The molecule has 0 spiro atoms. The summed E-state index contributed by atoms with van der Waals surface area (Å²) in [4.78, 5) is 13.5. The topological polar surface area (TPSA) is 78.3 Å². The van der Waals surface area contributed by atoms with Gasteiger partial charge in [-0.15, -0.1) is 28.1 Å². The Hall–Kier alpha value is -2.78. The molecule has 2 aromatic heterocycles. The second kappa shape index (κ2) is 9.15. The maximum atomic E-state index is 12.3. The normalized spacial score (nSPS) is 12.1. The number of nitrogens with one attached hydrogen (secondary N) is 1. The molecule has 3 aromatic rings. The number of benzene rings is 1. The van der Waals surface area contributed by atoms with E-state index in [0.29, 0.717) is 18.8 Å². The van der Waals surface area contributed by atoms with Crippen LogP contribution in [0.25, 0.3) is 0 Å². The molecule has 1 aliphatic rings. The van der Waals surface area contributed by atoms with Crippen LogP contribution in [0, 0.1) is 0 Å². The minimum absolute atomic E-state index is 0.0689. The van der Waals surface area contributed by atoms with Gasteiger partial charge in [-0.05, 0) is 29.1 Å². The van der Waals surface area contributed by atoms with Crippen LogP contribution in [0.1, 0.15) is 16.3 Å². The van der Waals surface area contributed by atoms with E-state index in [1.807, 2.05) is 40.3 Å². The number of ether oxygens (including phenoxy) is 2. The fourth-order valence-electron chi connectivity index (χ4n) is 2.87. The largest absolute Gasteiger partial charge is 0.454 e. The van der Waals surface area contributed by atoms with Gasteiger partial charge >= 0.3 is 0 Å². The van der Waals surface area contributed by atoms with Crippen molar-refractivity contribution in [2.24, 2.45) is 0 Å². The molecule has 1 amide bonds. The molecule has 9 heteroatoms. The summed E-state index contributed by atoms with van der Waals surface area (Å²) in [6.07, 6.45) is 2.53. The summed E-state index contributed by atoms with van der Waals surface area (Å²) in [6, 6.07) is 9.75. The highest BCUT2D eigenvalue weighted by atomic mass is 32.2. The summed E-state index contributed by atoms with van der Waals surface area (Å²) in [5.41, 5.74) is 0.959. The third-order valence-electron chi connectivity index (χ3n) is 4.28. The van der Waals surface area contributed by atoms with Crippen LogP contribution in [0.15, 0.2) is 53.5 Å². The van der Waals surface area contributed by atoms with Crippen LogP contribution in [-0.2, 0) is 24.3 Å². The summed E-state index contributed by atoms with van der Waals surface area (Å²) in [5.74, 6) is 2.51. The Morgan fingerprint density at radius 3 is 3.03 bits per heavy atom. The first kappa shape index (κ1) is 19.5. The van der Waals surface area contributed by atoms with E-state index < -0.39 is 0 Å². The average Bonchev–Trinajstić information content (AvgIpc) is 3.47. The summed E-state index contributed by atoms with van der Waals surface area (Å²) < 4.78 is 12.7. The van der Waals surface area contributed by atoms with Crippen LogP contribution in [0.3, 0.4) is 0 Å². The molecular weight excluding hydrogens is 408 g/mol. The molecule has 0 saturated carbocycles. The molecule has 1 N–H and O–H groups in total. The second-order valence-electron chi connectivity index (χ2n) is 6.31. The first-order valence-corrected chi connectivity index (χ1v) is 10.9. The van der Waals surface area contributed by atoms with E-state index in [0.717, 1.165) is 28.7 Å². The van der Waals surface area contributed by atoms with Crippen molar-refractivity contribution in [3.8, 4) is 11.5 Å². The van der Waals surface area contributed by atoms with Crippen molar-refractivity contribution in [2.75, 3.05) is 12.5 Å². The third-order valence-corrected chi connectivity index (χ3v) is 6.12. The smallest absolute Gasteiger partial charge is 0.231 e. The zero-order valence-electron chi connectivity index (χ0n) is 15.7. The Kier molecular flexibility index (Phi) is 6.16. The Balaban J connectivity index is 1.32. The van der Waals surface area contributed by atoms with E-state index in [9.17, 15) is 4.79 Å². The predicted molar refractivity (Wildman–Crippen MR) is 112 cm³/mol. The lowest BCUT2D eigenvalue weighted by molar-refractivity contribution is -0.118. The number of amides is 1. The minimum atomic E-state index is -0.0689. The predicted octanol–water partition coefficient (Wildman–Crippen LogP) is 3.25. The van der Waals surface area contributed by atoms with Crippen LogP contribution < -0.4 is 14.8 Å². The van der Waals surface area contributed by atoms with Crippen LogP contribution in [0.5, 0.6) is 11.5 Å². The quantitative estimate of drug-likeness (QED) is 0.416.